The number of aryl methyl sites for hydroxylation is 1. The maximum atomic E-state index is 12.3. The Labute approximate surface area is 132 Å². The van der Waals surface area contributed by atoms with E-state index >= 15 is 0 Å². The largest absolute Gasteiger partial charge is 0.345 e. The highest BCUT2D eigenvalue weighted by Gasteiger charge is 2.14. The lowest BCUT2D eigenvalue weighted by Crippen LogP contribution is -2.27. The minimum atomic E-state index is -0.104. The van der Waals surface area contributed by atoms with Crippen LogP contribution in [-0.2, 0) is 0 Å². The molecular weight excluding hydrogens is 338 g/mol. The second-order valence-electron chi connectivity index (χ2n) is 4.73. The van der Waals surface area contributed by atoms with Crippen molar-refractivity contribution < 1.29 is 4.79 Å². The number of hydrogen-bond donors (Lipinski definition) is 1. The summed E-state index contributed by atoms with van der Waals surface area (Å²) in [4.78, 5) is 12.3. The Hall–Kier alpha value is -1.32. The summed E-state index contributed by atoms with van der Waals surface area (Å²) >= 11 is 9.38. The average molecular weight is 353 g/mol. The molecule has 0 heterocycles. The number of amides is 1. The topological polar surface area (TPSA) is 29.1 Å². The second-order valence-corrected chi connectivity index (χ2v) is 6.02. The first kappa shape index (κ1) is 15.1. The molecule has 0 spiro atoms. The monoisotopic (exact) mass is 351 g/mol. The standard InChI is InChI=1S/C16H15BrClNO/c1-10-6-7-15(17)14(8-10)16(20)19-11(2)12-4-3-5-13(18)9-12/h3-9,11H,1-2H3,(H,19,20). The van der Waals surface area contributed by atoms with Gasteiger partial charge in [-0.1, -0.05) is 35.4 Å². The quantitative estimate of drug-likeness (QED) is 0.836. The van der Waals surface area contributed by atoms with Crippen LogP contribution >= 0.6 is 27.5 Å². The van der Waals surface area contributed by atoms with Crippen LogP contribution in [0.15, 0.2) is 46.9 Å². The van der Waals surface area contributed by atoms with E-state index in [0.29, 0.717) is 10.6 Å². The molecule has 0 saturated heterocycles. The predicted molar refractivity (Wildman–Crippen MR) is 86.2 cm³/mol. The minimum Gasteiger partial charge on any atom is -0.345 e. The van der Waals surface area contributed by atoms with Crippen LogP contribution in [0, 0.1) is 6.92 Å². The van der Waals surface area contributed by atoms with Crippen molar-refractivity contribution in [2.75, 3.05) is 0 Å². The van der Waals surface area contributed by atoms with E-state index in [9.17, 15) is 4.79 Å². The zero-order chi connectivity index (χ0) is 14.7. The molecule has 0 aromatic heterocycles. The lowest BCUT2D eigenvalue weighted by molar-refractivity contribution is 0.0939. The fourth-order valence-corrected chi connectivity index (χ4v) is 2.57. The van der Waals surface area contributed by atoms with E-state index in [2.05, 4.69) is 21.2 Å². The normalized spacial score (nSPS) is 12.0. The Balaban J connectivity index is 2.17. The van der Waals surface area contributed by atoms with Crippen LogP contribution < -0.4 is 5.32 Å². The van der Waals surface area contributed by atoms with Crippen molar-refractivity contribution in [1.82, 2.24) is 5.32 Å². The molecule has 1 unspecified atom stereocenters. The Morgan fingerprint density at radius 1 is 1.25 bits per heavy atom. The lowest BCUT2D eigenvalue weighted by atomic mass is 10.1. The Bertz CT molecular complexity index is 642. The van der Waals surface area contributed by atoms with Crippen molar-refractivity contribution in [1.29, 1.82) is 0 Å². The number of carbonyl (C=O) groups is 1. The summed E-state index contributed by atoms with van der Waals surface area (Å²) in [7, 11) is 0. The number of nitrogens with one attached hydrogen (secondary N) is 1. The first-order valence-electron chi connectivity index (χ1n) is 6.30. The molecular formula is C16H15BrClNO. The van der Waals surface area contributed by atoms with E-state index in [-0.39, 0.29) is 11.9 Å². The van der Waals surface area contributed by atoms with E-state index in [4.69, 9.17) is 11.6 Å². The summed E-state index contributed by atoms with van der Waals surface area (Å²) in [5.74, 6) is -0.104. The molecule has 0 aliphatic heterocycles. The molecule has 2 aromatic rings. The predicted octanol–water partition coefficient (Wildman–Crippen LogP) is 4.90. The van der Waals surface area contributed by atoms with Gasteiger partial charge in [-0.15, -0.1) is 0 Å². The van der Waals surface area contributed by atoms with Crippen molar-refractivity contribution in [2.45, 2.75) is 19.9 Å². The molecule has 0 aliphatic carbocycles. The SMILES string of the molecule is Cc1ccc(Br)c(C(=O)NC(C)c2cccc(Cl)c2)c1. The second kappa shape index (κ2) is 6.42. The Kier molecular flexibility index (Phi) is 4.84. The summed E-state index contributed by atoms with van der Waals surface area (Å²) in [5.41, 5.74) is 2.67. The highest BCUT2D eigenvalue weighted by atomic mass is 79.9. The van der Waals surface area contributed by atoms with Crippen molar-refractivity contribution in [3.05, 3.63) is 68.7 Å². The van der Waals surface area contributed by atoms with Gasteiger partial charge in [-0.25, -0.2) is 0 Å². The van der Waals surface area contributed by atoms with Gasteiger partial charge in [0.25, 0.3) is 5.91 Å². The van der Waals surface area contributed by atoms with E-state index in [1.807, 2.05) is 56.3 Å². The molecule has 1 amide bonds. The zero-order valence-corrected chi connectivity index (χ0v) is 13.6. The molecule has 2 rings (SSSR count). The average Bonchev–Trinajstić information content (AvgIpc) is 2.41. The number of rotatable bonds is 3. The molecule has 1 atom stereocenters. The zero-order valence-electron chi connectivity index (χ0n) is 11.3. The van der Waals surface area contributed by atoms with Crippen LogP contribution in [0.1, 0.15) is 34.5 Å². The van der Waals surface area contributed by atoms with Crippen LogP contribution in [0.5, 0.6) is 0 Å². The van der Waals surface area contributed by atoms with Gasteiger partial charge in [0.05, 0.1) is 11.6 Å². The smallest absolute Gasteiger partial charge is 0.252 e. The van der Waals surface area contributed by atoms with E-state index in [1.54, 1.807) is 0 Å². The number of benzene rings is 2. The maximum absolute atomic E-state index is 12.3. The highest BCUT2D eigenvalue weighted by molar-refractivity contribution is 9.10. The third-order valence-corrected chi connectivity index (χ3v) is 3.99. The summed E-state index contributed by atoms with van der Waals surface area (Å²) in [5, 5.41) is 3.65. The fraction of sp³-hybridized carbons (Fsp3) is 0.188. The van der Waals surface area contributed by atoms with Gasteiger partial charge < -0.3 is 5.32 Å². The van der Waals surface area contributed by atoms with Gasteiger partial charge in [0, 0.05) is 9.50 Å². The van der Waals surface area contributed by atoms with Crippen LogP contribution in [0.2, 0.25) is 5.02 Å². The summed E-state index contributed by atoms with van der Waals surface area (Å²) in [6.45, 7) is 3.90. The molecule has 0 radical (unpaired) electrons. The number of carbonyl (C=O) groups excluding carboxylic acids is 1. The van der Waals surface area contributed by atoms with Gasteiger partial charge in [0.2, 0.25) is 0 Å². The molecule has 20 heavy (non-hydrogen) atoms. The lowest BCUT2D eigenvalue weighted by Gasteiger charge is -2.15. The first-order chi connectivity index (χ1) is 9.47. The van der Waals surface area contributed by atoms with Gasteiger partial charge >= 0.3 is 0 Å². The molecule has 0 saturated carbocycles. The van der Waals surface area contributed by atoms with Crippen LogP contribution in [0.3, 0.4) is 0 Å². The summed E-state index contributed by atoms with van der Waals surface area (Å²) < 4.78 is 0.791. The molecule has 0 bridgehead atoms. The summed E-state index contributed by atoms with van der Waals surface area (Å²) in [6, 6.07) is 13.1. The summed E-state index contributed by atoms with van der Waals surface area (Å²) in [6.07, 6.45) is 0. The third-order valence-electron chi connectivity index (χ3n) is 3.06. The van der Waals surface area contributed by atoms with Crippen molar-refractivity contribution >= 4 is 33.4 Å². The van der Waals surface area contributed by atoms with E-state index in [1.165, 1.54) is 0 Å². The number of halogens is 2. The van der Waals surface area contributed by atoms with E-state index < -0.39 is 0 Å². The molecule has 2 nitrogen and oxygen atoms in total. The van der Waals surface area contributed by atoms with Crippen molar-refractivity contribution in [3.8, 4) is 0 Å². The van der Waals surface area contributed by atoms with Gasteiger partial charge in [0.15, 0.2) is 0 Å². The maximum Gasteiger partial charge on any atom is 0.252 e. The van der Waals surface area contributed by atoms with Gasteiger partial charge in [-0.2, -0.15) is 0 Å². The fourth-order valence-electron chi connectivity index (χ4n) is 1.95. The molecule has 2 aromatic carbocycles. The molecule has 104 valence electrons. The van der Waals surface area contributed by atoms with Crippen LogP contribution in [-0.4, -0.2) is 5.91 Å². The number of hydrogen-bond acceptors (Lipinski definition) is 1. The van der Waals surface area contributed by atoms with Crippen molar-refractivity contribution in [2.24, 2.45) is 0 Å². The van der Waals surface area contributed by atoms with Crippen LogP contribution in [0.4, 0.5) is 0 Å². The molecule has 4 heteroatoms. The van der Waals surface area contributed by atoms with Crippen LogP contribution in [0.25, 0.3) is 0 Å². The van der Waals surface area contributed by atoms with E-state index in [0.717, 1.165) is 15.6 Å². The van der Waals surface area contributed by atoms with Crippen molar-refractivity contribution in [3.63, 3.8) is 0 Å². The third kappa shape index (κ3) is 3.62. The minimum absolute atomic E-state index is 0.103. The molecule has 1 N–H and O–H groups in total. The highest BCUT2D eigenvalue weighted by Crippen LogP contribution is 2.21. The van der Waals surface area contributed by atoms with Gasteiger partial charge in [-0.05, 0) is 59.6 Å². The first-order valence-corrected chi connectivity index (χ1v) is 7.47. The Morgan fingerprint density at radius 3 is 2.70 bits per heavy atom. The molecule has 0 fully saturated rings. The molecule has 0 aliphatic rings. The Morgan fingerprint density at radius 2 is 2.00 bits per heavy atom. The van der Waals surface area contributed by atoms with Gasteiger partial charge in [-0.3, -0.25) is 4.79 Å². The van der Waals surface area contributed by atoms with Gasteiger partial charge in [0.1, 0.15) is 0 Å².